The van der Waals surface area contributed by atoms with Crippen LogP contribution in [0.1, 0.15) is 20.7 Å². The molecule has 0 fully saturated rings. The predicted octanol–water partition coefficient (Wildman–Crippen LogP) is 3.49. The maximum Gasteiger partial charge on any atom is 0.337 e. The van der Waals surface area contributed by atoms with Crippen LogP contribution in [0.25, 0.3) is 11.1 Å². The number of ether oxygens (including phenoxy) is 1. The number of halogens is 1. The molecule has 20 heavy (non-hydrogen) atoms. The minimum absolute atomic E-state index is 0.0210. The first kappa shape index (κ1) is 14.1. The van der Waals surface area contributed by atoms with E-state index in [1.165, 1.54) is 19.2 Å². The molecule has 2 rings (SSSR count). The van der Waals surface area contributed by atoms with Crippen LogP contribution < -0.4 is 0 Å². The zero-order valence-corrected chi connectivity index (χ0v) is 11.3. The molecule has 0 saturated carbocycles. The summed E-state index contributed by atoms with van der Waals surface area (Å²) in [5.74, 6) is -1.54. The van der Waals surface area contributed by atoms with E-state index in [-0.39, 0.29) is 10.6 Å². The van der Waals surface area contributed by atoms with Crippen molar-refractivity contribution in [3.8, 4) is 11.1 Å². The average Bonchev–Trinajstić information content (AvgIpc) is 2.46. The molecule has 0 bridgehead atoms. The number of benzene rings is 2. The van der Waals surface area contributed by atoms with Gasteiger partial charge in [0.2, 0.25) is 0 Å². The molecule has 0 unspecified atom stereocenters. The standard InChI is InChI=1S/C15H11ClO4/c1-20-15(19)11-4-2-3-9(7-11)10-5-6-13(16)12(8-10)14(17)18/h2-8H,1H3,(H,17,18). The van der Waals surface area contributed by atoms with E-state index >= 15 is 0 Å². The Labute approximate surface area is 120 Å². The van der Waals surface area contributed by atoms with E-state index in [2.05, 4.69) is 4.74 Å². The van der Waals surface area contributed by atoms with Crippen LogP contribution in [0.3, 0.4) is 0 Å². The van der Waals surface area contributed by atoms with Gasteiger partial charge < -0.3 is 9.84 Å². The number of methoxy groups -OCH3 is 1. The third kappa shape index (κ3) is 2.81. The van der Waals surface area contributed by atoms with E-state index in [9.17, 15) is 9.59 Å². The molecule has 0 aromatic heterocycles. The van der Waals surface area contributed by atoms with Crippen molar-refractivity contribution in [2.24, 2.45) is 0 Å². The molecule has 102 valence electrons. The van der Waals surface area contributed by atoms with Gasteiger partial charge in [-0.25, -0.2) is 9.59 Å². The normalized spacial score (nSPS) is 10.1. The van der Waals surface area contributed by atoms with Crippen LogP contribution in [0.15, 0.2) is 42.5 Å². The molecule has 0 atom stereocenters. The zero-order valence-electron chi connectivity index (χ0n) is 10.6. The van der Waals surface area contributed by atoms with Crippen LogP contribution >= 0.6 is 11.6 Å². The third-order valence-electron chi connectivity index (χ3n) is 2.81. The number of hydrogen-bond acceptors (Lipinski definition) is 3. The highest BCUT2D eigenvalue weighted by Crippen LogP contribution is 2.26. The summed E-state index contributed by atoms with van der Waals surface area (Å²) in [6.45, 7) is 0. The van der Waals surface area contributed by atoms with Gasteiger partial charge in [0.1, 0.15) is 0 Å². The first-order valence-electron chi connectivity index (χ1n) is 5.74. The molecule has 5 heteroatoms. The SMILES string of the molecule is COC(=O)c1cccc(-c2ccc(Cl)c(C(=O)O)c2)c1. The first-order valence-corrected chi connectivity index (χ1v) is 6.12. The molecular formula is C15H11ClO4. The highest BCUT2D eigenvalue weighted by Gasteiger charge is 2.11. The van der Waals surface area contributed by atoms with Crippen LogP contribution in [-0.2, 0) is 4.74 Å². The number of carbonyl (C=O) groups excluding carboxylic acids is 1. The smallest absolute Gasteiger partial charge is 0.337 e. The topological polar surface area (TPSA) is 63.6 Å². The van der Waals surface area contributed by atoms with E-state index < -0.39 is 11.9 Å². The van der Waals surface area contributed by atoms with Gasteiger partial charge in [-0.05, 0) is 35.4 Å². The number of esters is 1. The van der Waals surface area contributed by atoms with Gasteiger partial charge in [0.25, 0.3) is 0 Å². The molecule has 4 nitrogen and oxygen atoms in total. The van der Waals surface area contributed by atoms with Crippen molar-refractivity contribution < 1.29 is 19.4 Å². The van der Waals surface area contributed by atoms with Crippen molar-refractivity contribution in [2.45, 2.75) is 0 Å². The van der Waals surface area contributed by atoms with Crippen LogP contribution in [0.2, 0.25) is 5.02 Å². The average molecular weight is 291 g/mol. The minimum Gasteiger partial charge on any atom is -0.478 e. The Morgan fingerprint density at radius 2 is 1.80 bits per heavy atom. The Morgan fingerprint density at radius 1 is 1.10 bits per heavy atom. The minimum atomic E-state index is -1.10. The monoisotopic (exact) mass is 290 g/mol. The lowest BCUT2D eigenvalue weighted by Gasteiger charge is -2.06. The molecule has 0 aliphatic rings. The molecule has 0 aliphatic heterocycles. The highest BCUT2D eigenvalue weighted by molar-refractivity contribution is 6.33. The third-order valence-corrected chi connectivity index (χ3v) is 3.14. The molecule has 2 aromatic carbocycles. The molecule has 0 saturated heterocycles. The van der Waals surface area contributed by atoms with Crippen LogP contribution in [0, 0.1) is 0 Å². The van der Waals surface area contributed by atoms with Crippen molar-refractivity contribution in [3.05, 3.63) is 58.6 Å². The number of aromatic carboxylic acids is 1. The Kier molecular flexibility index (Phi) is 4.05. The number of rotatable bonds is 3. The lowest BCUT2D eigenvalue weighted by molar-refractivity contribution is 0.0600. The molecule has 1 N–H and O–H groups in total. The fourth-order valence-corrected chi connectivity index (χ4v) is 2.01. The Hall–Kier alpha value is -2.33. The van der Waals surface area contributed by atoms with E-state index in [0.717, 1.165) is 0 Å². The zero-order chi connectivity index (χ0) is 14.7. The fraction of sp³-hybridized carbons (Fsp3) is 0.0667. The van der Waals surface area contributed by atoms with Crippen molar-refractivity contribution in [2.75, 3.05) is 7.11 Å². The Balaban J connectivity index is 2.49. The maximum atomic E-state index is 11.5. The summed E-state index contributed by atoms with van der Waals surface area (Å²) in [4.78, 5) is 22.6. The maximum absolute atomic E-state index is 11.5. The van der Waals surface area contributed by atoms with Crippen LogP contribution in [-0.4, -0.2) is 24.2 Å². The first-order chi connectivity index (χ1) is 9.52. The molecule has 0 heterocycles. The van der Waals surface area contributed by atoms with Gasteiger partial charge in [0.15, 0.2) is 0 Å². The molecule has 0 amide bonds. The van der Waals surface area contributed by atoms with Crippen molar-refractivity contribution >= 4 is 23.5 Å². The van der Waals surface area contributed by atoms with Gasteiger partial charge in [0, 0.05) is 0 Å². The lowest BCUT2D eigenvalue weighted by Crippen LogP contribution is -2.01. The summed E-state index contributed by atoms with van der Waals surface area (Å²) in [6.07, 6.45) is 0. The Bertz CT molecular complexity index is 679. The van der Waals surface area contributed by atoms with Gasteiger partial charge >= 0.3 is 11.9 Å². The summed E-state index contributed by atoms with van der Waals surface area (Å²) >= 11 is 5.83. The van der Waals surface area contributed by atoms with E-state index in [0.29, 0.717) is 16.7 Å². The second kappa shape index (κ2) is 5.75. The summed E-state index contributed by atoms with van der Waals surface area (Å²) in [5.41, 5.74) is 1.80. The molecular weight excluding hydrogens is 280 g/mol. The molecule has 2 aromatic rings. The van der Waals surface area contributed by atoms with E-state index in [1.807, 2.05) is 0 Å². The molecule has 0 spiro atoms. The summed E-state index contributed by atoms with van der Waals surface area (Å²) in [6, 6.07) is 11.4. The summed E-state index contributed by atoms with van der Waals surface area (Å²) < 4.78 is 4.65. The van der Waals surface area contributed by atoms with Crippen LogP contribution in [0.5, 0.6) is 0 Å². The van der Waals surface area contributed by atoms with E-state index in [1.54, 1.807) is 30.3 Å². The summed E-state index contributed by atoms with van der Waals surface area (Å²) in [7, 11) is 1.31. The van der Waals surface area contributed by atoms with Gasteiger partial charge in [-0.15, -0.1) is 0 Å². The van der Waals surface area contributed by atoms with Gasteiger partial charge in [-0.3, -0.25) is 0 Å². The van der Waals surface area contributed by atoms with E-state index in [4.69, 9.17) is 16.7 Å². The quantitative estimate of drug-likeness (QED) is 0.879. The Morgan fingerprint density at radius 3 is 2.45 bits per heavy atom. The lowest BCUT2D eigenvalue weighted by atomic mass is 10.0. The number of carboxylic acid groups (broad SMARTS) is 1. The molecule has 0 radical (unpaired) electrons. The predicted molar refractivity (Wildman–Crippen MR) is 75.2 cm³/mol. The second-order valence-electron chi connectivity index (χ2n) is 4.07. The van der Waals surface area contributed by atoms with Crippen molar-refractivity contribution in [3.63, 3.8) is 0 Å². The van der Waals surface area contributed by atoms with Crippen molar-refractivity contribution in [1.82, 2.24) is 0 Å². The van der Waals surface area contributed by atoms with Gasteiger partial charge in [0.05, 0.1) is 23.3 Å². The highest BCUT2D eigenvalue weighted by atomic mass is 35.5. The largest absolute Gasteiger partial charge is 0.478 e. The second-order valence-corrected chi connectivity index (χ2v) is 4.48. The molecule has 0 aliphatic carbocycles. The number of carboxylic acids is 1. The van der Waals surface area contributed by atoms with Gasteiger partial charge in [-0.2, -0.15) is 0 Å². The van der Waals surface area contributed by atoms with Crippen molar-refractivity contribution in [1.29, 1.82) is 0 Å². The number of carbonyl (C=O) groups is 2. The fourth-order valence-electron chi connectivity index (χ4n) is 1.81. The summed E-state index contributed by atoms with van der Waals surface area (Å²) in [5, 5.41) is 9.23. The number of hydrogen-bond donors (Lipinski definition) is 1. The van der Waals surface area contributed by atoms with Crippen LogP contribution in [0.4, 0.5) is 0 Å². The van der Waals surface area contributed by atoms with Gasteiger partial charge in [-0.1, -0.05) is 29.8 Å².